The van der Waals surface area contributed by atoms with Gasteiger partial charge in [-0.25, -0.2) is 9.59 Å². The van der Waals surface area contributed by atoms with Crippen molar-refractivity contribution < 1.29 is 56.0 Å². The van der Waals surface area contributed by atoms with Crippen molar-refractivity contribution in [3.8, 4) is 0 Å². The maximum Gasteiger partial charge on any atom is 0.490 e. The number of β-amino-alcohol motifs (C(OH)–C–C–N with tert-alkyl or cyclic N) is 1. The number of likely N-dealkylation sites (tertiary alicyclic amines) is 1. The van der Waals surface area contributed by atoms with Gasteiger partial charge in [-0.1, -0.05) is 18.2 Å². The molecule has 2 aliphatic rings. The van der Waals surface area contributed by atoms with Gasteiger partial charge in [0.1, 0.15) is 0 Å². The fourth-order valence-corrected chi connectivity index (χ4v) is 5.25. The van der Waals surface area contributed by atoms with Crippen LogP contribution in [0, 0.1) is 6.92 Å². The first-order chi connectivity index (χ1) is 18.6. The molecule has 0 unspecified atom stereocenters. The van der Waals surface area contributed by atoms with Gasteiger partial charge < -0.3 is 25.0 Å². The summed E-state index contributed by atoms with van der Waals surface area (Å²) >= 11 is 1.90. The van der Waals surface area contributed by atoms with Gasteiger partial charge in [0.2, 0.25) is 0 Å². The second-order valence-electron chi connectivity index (χ2n) is 8.96. The monoisotopic (exact) mass is 600 g/mol. The topological polar surface area (TPSA) is 111 Å². The highest BCUT2D eigenvalue weighted by molar-refractivity contribution is 7.11. The summed E-state index contributed by atoms with van der Waals surface area (Å²) in [5, 5.41) is 23.7. The van der Waals surface area contributed by atoms with Gasteiger partial charge in [0.05, 0.1) is 18.8 Å². The lowest BCUT2D eigenvalue weighted by Crippen LogP contribution is -2.43. The van der Waals surface area contributed by atoms with Gasteiger partial charge in [0, 0.05) is 53.7 Å². The van der Waals surface area contributed by atoms with E-state index in [-0.39, 0.29) is 12.2 Å². The van der Waals surface area contributed by atoms with Crippen LogP contribution in [-0.2, 0) is 26.5 Å². The Bertz CT molecular complexity index is 1090. The minimum absolute atomic E-state index is 0.176. The first kappa shape index (κ1) is 33.3. The van der Waals surface area contributed by atoms with Crippen molar-refractivity contribution in [1.82, 2.24) is 4.90 Å². The standard InChI is InChI=1S/C21H28N2O2S.2C2HF3O2/c1-17-6-7-18(26-17)16-22-10-8-21(9-11-22)19-4-2-3-5-20(19)23(12-14-24)13-15-25-21;2*3-2(4,5)1(6)7/h2-7,24H,8-16H2,1H3;2*(H,6,7). The molecule has 1 spiro atoms. The molecule has 0 bridgehead atoms. The minimum atomic E-state index is -5.08. The number of hydrogen-bond donors (Lipinski definition) is 3. The molecule has 0 aliphatic carbocycles. The lowest BCUT2D eigenvalue weighted by molar-refractivity contribution is -0.193. The third-order valence-electron chi connectivity index (χ3n) is 6.17. The predicted octanol–water partition coefficient (Wildman–Crippen LogP) is 4.64. The van der Waals surface area contributed by atoms with E-state index in [1.54, 1.807) is 0 Å². The summed E-state index contributed by atoms with van der Waals surface area (Å²) in [5.74, 6) is -5.51. The normalized spacial score (nSPS) is 17.1. The van der Waals surface area contributed by atoms with Crippen LogP contribution in [0.2, 0.25) is 0 Å². The van der Waals surface area contributed by atoms with E-state index in [4.69, 9.17) is 24.5 Å². The number of para-hydroxylation sites is 1. The molecular weight excluding hydrogens is 570 g/mol. The van der Waals surface area contributed by atoms with Gasteiger partial charge in [0.15, 0.2) is 0 Å². The molecule has 0 atom stereocenters. The zero-order chi connectivity index (χ0) is 30.1. The Balaban J connectivity index is 0.000000333. The fourth-order valence-electron chi connectivity index (χ4n) is 4.31. The number of nitrogens with zero attached hydrogens (tertiary/aromatic N) is 2. The van der Waals surface area contributed by atoms with Crippen LogP contribution in [0.1, 0.15) is 28.2 Å². The van der Waals surface area contributed by atoms with Gasteiger partial charge in [-0.15, -0.1) is 11.3 Å². The lowest BCUT2D eigenvalue weighted by atomic mass is 9.83. The van der Waals surface area contributed by atoms with Crippen LogP contribution in [0.15, 0.2) is 36.4 Å². The number of thiophene rings is 1. The highest BCUT2D eigenvalue weighted by atomic mass is 32.1. The summed E-state index contributed by atoms with van der Waals surface area (Å²) in [4.78, 5) is 25.5. The Labute approximate surface area is 230 Å². The molecule has 3 N–H and O–H groups in total. The summed E-state index contributed by atoms with van der Waals surface area (Å²) in [6.45, 7) is 7.75. The van der Waals surface area contributed by atoms with Crippen LogP contribution < -0.4 is 4.90 Å². The molecule has 15 heteroatoms. The largest absolute Gasteiger partial charge is 0.490 e. The quantitative estimate of drug-likeness (QED) is 0.436. The molecule has 0 radical (unpaired) electrons. The Kier molecular flexibility index (Phi) is 11.8. The molecule has 0 amide bonds. The van der Waals surface area contributed by atoms with Crippen LogP contribution in [0.5, 0.6) is 0 Å². The fraction of sp³-hybridized carbons (Fsp3) is 0.520. The first-order valence-corrected chi connectivity index (χ1v) is 12.9. The molecule has 8 nitrogen and oxygen atoms in total. The van der Waals surface area contributed by atoms with E-state index >= 15 is 0 Å². The summed E-state index contributed by atoms with van der Waals surface area (Å²) in [6, 6.07) is 13.1. The number of carboxylic acid groups (broad SMARTS) is 2. The number of aliphatic hydroxyl groups excluding tert-OH is 1. The third-order valence-corrected chi connectivity index (χ3v) is 7.15. The molecule has 2 aliphatic heterocycles. The molecule has 224 valence electrons. The highest BCUT2D eigenvalue weighted by Gasteiger charge is 2.41. The van der Waals surface area contributed by atoms with E-state index in [1.807, 2.05) is 11.3 Å². The molecule has 1 aromatic carbocycles. The Morgan fingerprint density at radius 2 is 1.50 bits per heavy atom. The number of aliphatic hydroxyl groups is 1. The molecular formula is C25H30F6N2O6S. The van der Waals surface area contributed by atoms with Crippen LogP contribution in [0.25, 0.3) is 0 Å². The number of fused-ring (bicyclic) bond motifs is 2. The van der Waals surface area contributed by atoms with Gasteiger partial charge in [-0.05, 0) is 38.0 Å². The number of carboxylic acids is 2. The van der Waals surface area contributed by atoms with E-state index in [1.165, 1.54) is 21.0 Å². The smallest absolute Gasteiger partial charge is 0.475 e. The summed E-state index contributed by atoms with van der Waals surface area (Å²) in [6.07, 6.45) is -8.11. The molecule has 1 fully saturated rings. The number of rotatable bonds is 4. The number of carbonyl (C=O) groups is 2. The number of anilines is 1. The average Bonchev–Trinajstić information content (AvgIpc) is 3.22. The van der Waals surface area contributed by atoms with Crippen molar-refractivity contribution >= 4 is 29.0 Å². The predicted molar refractivity (Wildman–Crippen MR) is 134 cm³/mol. The number of hydrogen-bond acceptors (Lipinski definition) is 7. The maximum atomic E-state index is 10.6. The molecule has 2 aromatic rings. The lowest BCUT2D eigenvalue weighted by Gasteiger charge is -2.42. The van der Waals surface area contributed by atoms with E-state index in [9.17, 15) is 31.4 Å². The molecule has 40 heavy (non-hydrogen) atoms. The average molecular weight is 601 g/mol. The number of ether oxygens (including phenoxy) is 1. The van der Waals surface area contributed by atoms with Crippen LogP contribution in [0.4, 0.5) is 32.0 Å². The third kappa shape index (κ3) is 9.64. The van der Waals surface area contributed by atoms with E-state index in [0.717, 1.165) is 45.6 Å². The number of aliphatic carboxylic acids is 2. The molecule has 1 aromatic heterocycles. The number of aryl methyl sites for hydroxylation is 1. The second kappa shape index (κ2) is 14.1. The summed E-state index contributed by atoms with van der Waals surface area (Å²) in [5.41, 5.74) is 2.36. The maximum absolute atomic E-state index is 10.6. The van der Waals surface area contributed by atoms with E-state index in [2.05, 4.69) is 53.1 Å². The Morgan fingerprint density at radius 3 is 1.98 bits per heavy atom. The number of alkyl halides is 6. The number of piperidine rings is 1. The van der Waals surface area contributed by atoms with E-state index < -0.39 is 24.3 Å². The van der Waals surface area contributed by atoms with Gasteiger partial charge >= 0.3 is 24.3 Å². The van der Waals surface area contributed by atoms with Gasteiger partial charge in [-0.2, -0.15) is 26.3 Å². The van der Waals surface area contributed by atoms with Gasteiger partial charge in [-0.3, -0.25) is 4.90 Å². The summed E-state index contributed by atoms with van der Waals surface area (Å²) < 4.78 is 70.0. The van der Waals surface area contributed by atoms with Crippen molar-refractivity contribution in [3.05, 3.63) is 51.7 Å². The molecule has 0 saturated carbocycles. The highest BCUT2D eigenvalue weighted by Crippen LogP contribution is 2.43. The van der Waals surface area contributed by atoms with E-state index in [0.29, 0.717) is 6.54 Å². The van der Waals surface area contributed by atoms with Gasteiger partial charge in [0.25, 0.3) is 0 Å². The number of benzene rings is 1. The SMILES string of the molecule is Cc1ccc(CN2CCC3(CC2)OCCN(CCO)c2ccccc23)s1.O=C(O)C(F)(F)F.O=C(O)C(F)(F)F. The second-order valence-corrected chi connectivity index (χ2v) is 10.3. The van der Waals surface area contributed by atoms with Crippen LogP contribution >= 0.6 is 11.3 Å². The van der Waals surface area contributed by atoms with Crippen LogP contribution in [-0.4, -0.2) is 83.9 Å². The van der Waals surface area contributed by atoms with Crippen molar-refractivity contribution in [2.75, 3.05) is 44.3 Å². The summed E-state index contributed by atoms with van der Waals surface area (Å²) in [7, 11) is 0. The molecule has 3 heterocycles. The first-order valence-electron chi connectivity index (χ1n) is 12.1. The minimum Gasteiger partial charge on any atom is -0.475 e. The number of halogens is 6. The zero-order valence-corrected chi connectivity index (χ0v) is 22.3. The molecule has 1 saturated heterocycles. The van der Waals surface area contributed by atoms with Crippen molar-refractivity contribution in [3.63, 3.8) is 0 Å². The zero-order valence-electron chi connectivity index (χ0n) is 21.5. The van der Waals surface area contributed by atoms with Crippen molar-refractivity contribution in [2.45, 2.75) is 44.3 Å². The Morgan fingerprint density at radius 1 is 0.950 bits per heavy atom. The van der Waals surface area contributed by atoms with Crippen LogP contribution in [0.3, 0.4) is 0 Å². The van der Waals surface area contributed by atoms with Crippen molar-refractivity contribution in [2.24, 2.45) is 0 Å². The molecule has 4 rings (SSSR count). The Hall–Kier alpha value is -2.88. The van der Waals surface area contributed by atoms with Crippen molar-refractivity contribution in [1.29, 1.82) is 0 Å².